The summed E-state index contributed by atoms with van der Waals surface area (Å²) in [4.78, 5) is 0. The molecular formula is C13H27NS. The minimum Gasteiger partial charge on any atom is -0.313 e. The standard InChI is InChI=1S/C13H27NS/c1-3-9-14-13(4-2)11-15-10-12-7-5-6-8-12/h12-14H,3-11H2,1-2H3. The van der Waals surface area contributed by atoms with E-state index in [2.05, 4.69) is 30.9 Å². The molecule has 2 heteroatoms. The molecule has 0 spiro atoms. The van der Waals surface area contributed by atoms with Crippen molar-refractivity contribution in [1.82, 2.24) is 5.32 Å². The molecule has 0 aromatic rings. The van der Waals surface area contributed by atoms with Crippen molar-refractivity contribution in [2.24, 2.45) is 5.92 Å². The van der Waals surface area contributed by atoms with Crippen molar-refractivity contribution < 1.29 is 0 Å². The van der Waals surface area contributed by atoms with E-state index in [0.717, 1.165) is 12.0 Å². The van der Waals surface area contributed by atoms with Crippen molar-refractivity contribution in [2.45, 2.75) is 58.4 Å². The summed E-state index contributed by atoms with van der Waals surface area (Å²) >= 11 is 2.17. The Bertz CT molecular complexity index is 143. The second-order valence-electron chi connectivity index (χ2n) is 4.75. The summed E-state index contributed by atoms with van der Waals surface area (Å²) in [7, 11) is 0. The van der Waals surface area contributed by atoms with Crippen molar-refractivity contribution in [3.8, 4) is 0 Å². The number of thioether (sulfide) groups is 1. The monoisotopic (exact) mass is 229 g/mol. The molecular weight excluding hydrogens is 202 g/mol. The first kappa shape index (κ1) is 13.4. The van der Waals surface area contributed by atoms with E-state index in [-0.39, 0.29) is 0 Å². The molecule has 1 aliphatic rings. The first-order valence-corrected chi connectivity index (χ1v) is 7.83. The third kappa shape index (κ3) is 5.82. The summed E-state index contributed by atoms with van der Waals surface area (Å²) in [6.45, 7) is 5.72. The molecule has 0 aliphatic heterocycles. The van der Waals surface area contributed by atoms with Crippen molar-refractivity contribution in [3.05, 3.63) is 0 Å². The van der Waals surface area contributed by atoms with Crippen LogP contribution in [0.25, 0.3) is 0 Å². The SMILES string of the molecule is CCCNC(CC)CSCC1CCCC1. The maximum Gasteiger partial charge on any atom is 0.0155 e. The normalized spacial score (nSPS) is 19.6. The van der Waals surface area contributed by atoms with Crippen molar-refractivity contribution in [3.63, 3.8) is 0 Å². The van der Waals surface area contributed by atoms with Gasteiger partial charge in [-0.25, -0.2) is 0 Å². The Kier molecular flexibility index (Phi) is 7.54. The second kappa shape index (κ2) is 8.46. The van der Waals surface area contributed by atoms with E-state index in [4.69, 9.17) is 0 Å². The van der Waals surface area contributed by atoms with Crippen LogP contribution in [0.1, 0.15) is 52.4 Å². The van der Waals surface area contributed by atoms with Gasteiger partial charge in [0.25, 0.3) is 0 Å². The molecule has 1 nitrogen and oxygen atoms in total. The maximum atomic E-state index is 3.62. The molecule has 0 saturated heterocycles. The molecule has 1 aliphatic carbocycles. The summed E-state index contributed by atoms with van der Waals surface area (Å²) in [5.74, 6) is 3.76. The summed E-state index contributed by atoms with van der Waals surface area (Å²) in [5.41, 5.74) is 0. The van der Waals surface area contributed by atoms with Crippen LogP contribution in [-0.4, -0.2) is 24.1 Å². The fraction of sp³-hybridized carbons (Fsp3) is 1.00. The van der Waals surface area contributed by atoms with Gasteiger partial charge < -0.3 is 5.32 Å². The van der Waals surface area contributed by atoms with E-state index in [1.165, 1.54) is 56.6 Å². The first-order valence-electron chi connectivity index (χ1n) is 6.68. The fourth-order valence-corrected chi connectivity index (χ4v) is 3.66. The first-order chi connectivity index (χ1) is 7.36. The van der Waals surface area contributed by atoms with Crippen LogP contribution in [0.4, 0.5) is 0 Å². The summed E-state index contributed by atoms with van der Waals surface area (Å²) < 4.78 is 0. The zero-order valence-electron chi connectivity index (χ0n) is 10.4. The molecule has 1 atom stereocenters. The molecule has 0 heterocycles. The Morgan fingerprint density at radius 3 is 2.60 bits per heavy atom. The van der Waals surface area contributed by atoms with Crippen LogP contribution in [0.5, 0.6) is 0 Å². The van der Waals surface area contributed by atoms with Crippen LogP contribution >= 0.6 is 11.8 Å². The van der Waals surface area contributed by atoms with E-state index in [1.54, 1.807) is 0 Å². The third-order valence-corrected chi connectivity index (χ3v) is 4.67. The average Bonchev–Trinajstić information content (AvgIpc) is 2.76. The smallest absolute Gasteiger partial charge is 0.0155 e. The molecule has 1 fully saturated rings. The predicted octanol–water partition coefficient (Wildman–Crippen LogP) is 3.69. The lowest BCUT2D eigenvalue weighted by Gasteiger charge is -2.17. The molecule has 1 rings (SSSR count). The number of hydrogen-bond acceptors (Lipinski definition) is 2. The topological polar surface area (TPSA) is 12.0 Å². The molecule has 15 heavy (non-hydrogen) atoms. The highest BCUT2D eigenvalue weighted by Gasteiger charge is 2.15. The predicted molar refractivity (Wildman–Crippen MR) is 71.7 cm³/mol. The van der Waals surface area contributed by atoms with E-state index in [1.807, 2.05) is 0 Å². The van der Waals surface area contributed by atoms with Gasteiger partial charge in [-0.3, -0.25) is 0 Å². The van der Waals surface area contributed by atoms with E-state index >= 15 is 0 Å². The van der Waals surface area contributed by atoms with Gasteiger partial charge in [-0.15, -0.1) is 0 Å². The Balaban J connectivity index is 2.00. The van der Waals surface area contributed by atoms with E-state index in [0.29, 0.717) is 0 Å². The minimum atomic E-state index is 0.747. The lowest BCUT2D eigenvalue weighted by molar-refractivity contribution is 0.538. The Morgan fingerprint density at radius 2 is 2.00 bits per heavy atom. The Morgan fingerprint density at radius 1 is 1.27 bits per heavy atom. The van der Waals surface area contributed by atoms with Gasteiger partial charge in [-0.2, -0.15) is 11.8 Å². The molecule has 1 saturated carbocycles. The molecule has 0 radical (unpaired) electrons. The summed E-state index contributed by atoms with van der Waals surface area (Å²) in [5, 5.41) is 3.62. The van der Waals surface area contributed by atoms with Gasteiger partial charge in [0.1, 0.15) is 0 Å². The Hall–Kier alpha value is 0.310. The zero-order valence-corrected chi connectivity index (χ0v) is 11.2. The zero-order chi connectivity index (χ0) is 10.9. The van der Waals surface area contributed by atoms with Crippen LogP contribution in [0.15, 0.2) is 0 Å². The van der Waals surface area contributed by atoms with Crippen molar-refractivity contribution in [1.29, 1.82) is 0 Å². The molecule has 90 valence electrons. The molecule has 0 bridgehead atoms. The van der Waals surface area contributed by atoms with Gasteiger partial charge in [0.05, 0.1) is 0 Å². The van der Waals surface area contributed by atoms with Gasteiger partial charge in [-0.05, 0) is 43.9 Å². The van der Waals surface area contributed by atoms with Crippen molar-refractivity contribution >= 4 is 11.8 Å². The van der Waals surface area contributed by atoms with Crippen LogP contribution in [0, 0.1) is 5.92 Å². The second-order valence-corrected chi connectivity index (χ2v) is 5.82. The van der Waals surface area contributed by atoms with Crippen LogP contribution < -0.4 is 5.32 Å². The lowest BCUT2D eigenvalue weighted by atomic mass is 10.1. The highest BCUT2D eigenvalue weighted by atomic mass is 32.2. The van der Waals surface area contributed by atoms with Crippen molar-refractivity contribution in [2.75, 3.05) is 18.1 Å². The van der Waals surface area contributed by atoms with Gasteiger partial charge in [-0.1, -0.05) is 26.7 Å². The quantitative estimate of drug-likeness (QED) is 0.681. The summed E-state index contributed by atoms with van der Waals surface area (Å²) in [6.07, 6.45) is 8.48. The van der Waals surface area contributed by atoms with Gasteiger partial charge in [0.15, 0.2) is 0 Å². The van der Waals surface area contributed by atoms with Gasteiger partial charge >= 0.3 is 0 Å². The molecule has 0 amide bonds. The molecule has 0 aromatic carbocycles. The van der Waals surface area contributed by atoms with Gasteiger partial charge in [0, 0.05) is 11.8 Å². The van der Waals surface area contributed by atoms with E-state index < -0.39 is 0 Å². The number of nitrogens with one attached hydrogen (secondary N) is 1. The number of rotatable bonds is 8. The molecule has 1 N–H and O–H groups in total. The number of hydrogen-bond donors (Lipinski definition) is 1. The third-order valence-electron chi connectivity index (χ3n) is 3.32. The lowest BCUT2D eigenvalue weighted by Crippen LogP contribution is -2.31. The van der Waals surface area contributed by atoms with E-state index in [9.17, 15) is 0 Å². The molecule has 0 aromatic heterocycles. The molecule has 1 unspecified atom stereocenters. The maximum absolute atomic E-state index is 3.62. The van der Waals surface area contributed by atoms with Gasteiger partial charge in [0.2, 0.25) is 0 Å². The highest BCUT2D eigenvalue weighted by molar-refractivity contribution is 7.99. The summed E-state index contributed by atoms with van der Waals surface area (Å²) in [6, 6.07) is 0.747. The average molecular weight is 229 g/mol. The minimum absolute atomic E-state index is 0.747. The van der Waals surface area contributed by atoms with Crippen LogP contribution in [-0.2, 0) is 0 Å². The van der Waals surface area contributed by atoms with Crippen LogP contribution in [0.2, 0.25) is 0 Å². The Labute approximate surface area is 99.8 Å². The highest BCUT2D eigenvalue weighted by Crippen LogP contribution is 2.28. The fourth-order valence-electron chi connectivity index (χ4n) is 2.22. The largest absolute Gasteiger partial charge is 0.313 e. The van der Waals surface area contributed by atoms with Crippen LogP contribution in [0.3, 0.4) is 0 Å².